The van der Waals surface area contributed by atoms with Crippen LogP contribution in [-0.2, 0) is 0 Å². The van der Waals surface area contributed by atoms with E-state index in [2.05, 4.69) is 18.7 Å². The quantitative estimate of drug-likeness (QED) is 0.641. The highest BCUT2D eigenvalue weighted by molar-refractivity contribution is 4.73. The van der Waals surface area contributed by atoms with E-state index in [9.17, 15) is 5.11 Å². The summed E-state index contributed by atoms with van der Waals surface area (Å²) in [5.74, 6) is 0.805. The van der Waals surface area contributed by atoms with Crippen LogP contribution in [0.5, 0.6) is 0 Å². The minimum Gasteiger partial charge on any atom is -0.392 e. The standard InChI is InChI=1S/C16H33NO/c1-3-5-11-17(12-6-4-2)14-16(18)13-15-9-7-8-10-15/h15-16,18H,3-14H2,1-2H3. The van der Waals surface area contributed by atoms with Crippen molar-refractivity contribution >= 4 is 0 Å². The number of hydrogen-bond donors (Lipinski definition) is 1. The van der Waals surface area contributed by atoms with Crippen molar-refractivity contribution in [3.63, 3.8) is 0 Å². The van der Waals surface area contributed by atoms with Crippen LogP contribution >= 0.6 is 0 Å². The van der Waals surface area contributed by atoms with Gasteiger partial charge in [-0.25, -0.2) is 0 Å². The Morgan fingerprint density at radius 3 is 2.11 bits per heavy atom. The Balaban J connectivity index is 2.23. The van der Waals surface area contributed by atoms with Crippen molar-refractivity contribution in [3.05, 3.63) is 0 Å². The van der Waals surface area contributed by atoms with E-state index in [1.54, 1.807) is 0 Å². The molecule has 0 aromatic rings. The molecule has 1 rings (SSSR count). The Kier molecular flexibility index (Phi) is 8.70. The molecule has 1 N–H and O–H groups in total. The SMILES string of the molecule is CCCCN(CCCC)CC(O)CC1CCCC1. The molecule has 2 nitrogen and oxygen atoms in total. The zero-order valence-electron chi connectivity index (χ0n) is 12.5. The van der Waals surface area contributed by atoms with E-state index in [-0.39, 0.29) is 6.10 Å². The molecular weight excluding hydrogens is 222 g/mol. The van der Waals surface area contributed by atoms with Crippen LogP contribution in [0.2, 0.25) is 0 Å². The van der Waals surface area contributed by atoms with Crippen LogP contribution in [0.15, 0.2) is 0 Å². The highest BCUT2D eigenvalue weighted by Crippen LogP contribution is 2.28. The van der Waals surface area contributed by atoms with Gasteiger partial charge in [0.15, 0.2) is 0 Å². The van der Waals surface area contributed by atoms with Crippen molar-refractivity contribution in [3.8, 4) is 0 Å². The molecule has 0 heterocycles. The van der Waals surface area contributed by atoms with Gasteiger partial charge in [0.1, 0.15) is 0 Å². The summed E-state index contributed by atoms with van der Waals surface area (Å²) in [6.07, 6.45) is 11.4. The van der Waals surface area contributed by atoms with Gasteiger partial charge in [-0.1, -0.05) is 52.4 Å². The van der Waals surface area contributed by atoms with Crippen LogP contribution in [0.4, 0.5) is 0 Å². The molecule has 1 unspecified atom stereocenters. The van der Waals surface area contributed by atoms with Crippen molar-refractivity contribution in [1.82, 2.24) is 4.90 Å². The highest BCUT2D eigenvalue weighted by atomic mass is 16.3. The number of unbranched alkanes of at least 4 members (excludes halogenated alkanes) is 2. The molecule has 1 atom stereocenters. The molecule has 1 aliphatic rings. The number of rotatable bonds is 10. The zero-order valence-corrected chi connectivity index (χ0v) is 12.5. The average molecular weight is 255 g/mol. The third-order valence-electron chi connectivity index (χ3n) is 4.20. The van der Waals surface area contributed by atoms with E-state index in [1.807, 2.05) is 0 Å². The van der Waals surface area contributed by atoms with Crippen LogP contribution in [-0.4, -0.2) is 35.7 Å². The van der Waals surface area contributed by atoms with Gasteiger partial charge in [-0.2, -0.15) is 0 Å². The van der Waals surface area contributed by atoms with E-state index >= 15 is 0 Å². The fourth-order valence-electron chi connectivity index (χ4n) is 3.06. The minimum atomic E-state index is -0.0955. The topological polar surface area (TPSA) is 23.5 Å². The fraction of sp³-hybridized carbons (Fsp3) is 1.00. The molecule has 0 bridgehead atoms. The summed E-state index contributed by atoms with van der Waals surface area (Å²) in [5.41, 5.74) is 0. The van der Waals surface area contributed by atoms with Crippen LogP contribution in [0.25, 0.3) is 0 Å². The second kappa shape index (κ2) is 9.80. The Labute approximate surface area is 114 Å². The van der Waals surface area contributed by atoms with Gasteiger partial charge in [0, 0.05) is 6.54 Å². The van der Waals surface area contributed by atoms with Crippen LogP contribution < -0.4 is 0 Å². The molecule has 0 radical (unpaired) electrons. The molecule has 1 aliphatic carbocycles. The second-order valence-corrected chi connectivity index (χ2v) is 6.05. The normalized spacial score (nSPS) is 18.7. The van der Waals surface area contributed by atoms with Crippen molar-refractivity contribution in [2.24, 2.45) is 5.92 Å². The number of aliphatic hydroxyl groups excluding tert-OH is 1. The predicted molar refractivity (Wildman–Crippen MR) is 78.8 cm³/mol. The summed E-state index contributed by atoms with van der Waals surface area (Å²) in [7, 11) is 0. The molecule has 2 heteroatoms. The molecule has 0 aliphatic heterocycles. The summed E-state index contributed by atoms with van der Waals surface area (Å²) in [6, 6.07) is 0. The summed E-state index contributed by atoms with van der Waals surface area (Å²) < 4.78 is 0. The first-order valence-corrected chi connectivity index (χ1v) is 8.16. The summed E-state index contributed by atoms with van der Waals surface area (Å²) in [4.78, 5) is 2.48. The molecule has 0 aromatic carbocycles. The van der Waals surface area contributed by atoms with Gasteiger partial charge in [0.2, 0.25) is 0 Å². The first kappa shape index (κ1) is 16.0. The van der Waals surface area contributed by atoms with E-state index < -0.39 is 0 Å². The fourth-order valence-corrected chi connectivity index (χ4v) is 3.06. The van der Waals surface area contributed by atoms with E-state index in [1.165, 1.54) is 51.4 Å². The Morgan fingerprint density at radius 1 is 1.06 bits per heavy atom. The summed E-state index contributed by atoms with van der Waals surface area (Å²) in [6.45, 7) is 7.72. The third kappa shape index (κ3) is 6.75. The molecule has 0 aromatic heterocycles. The average Bonchev–Trinajstić information content (AvgIpc) is 2.85. The first-order valence-electron chi connectivity index (χ1n) is 8.16. The van der Waals surface area contributed by atoms with Crippen molar-refractivity contribution in [2.45, 2.75) is 77.7 Å². The molecule has 18 heavy (non-hydrogen) atoms. The number of hydrogen-bond acceptors (Lipinski definition) is 2. The Hall–Kier alpha value is -0.0800. The van der Waals surface area contributed by atoms with Crippen molar-refractivity contribution in [1.29, 1.82) is 0 Å². The Morgan fingerprint density at radius 2 is 1.61 bits per heavy atom. The molecule has 1 saturated carbocycles. The number of aliphatic hydroxyl groups is 1. The maximum atomic E-state index is 10.2. The number of nitrogens with zero attached hydrogens (tertiary/aromatic N) is 1. The largest absolute Gasteiger partial charge is 0.392 e. The van der Waals surface area contributed by atoms with Gasteiger partial charge in [0.05, 0.1) is 6.10 Å². The third-order valence-corrected chi connectivity index (χ3v) is 4.20. The molecule has 108 valence electrons. The predicted octanol–water partition coefficient (Wildman–Crippen LogP) is 3.83. The zero-order chi connectivity index (χ0) is 13.2. The summed E-state index contributed by atoms with van der Waals surface area (Å²) in [5, 5.41) is 10.2. The summed E-state index contributed by atoms with van der Waals surface area (Å²) >= 11 is 0. The monoisotopic (exact) mass is 255 g/mol. The van der Waals surface area contributed by atoms with Crippen molar-refractivity contribution < 1.29 is 5.11 Å². The van der Waals surface area contributed by atoms with Crippen molar-refractivity contribution in [2.75, 3.05) is 19.6 Å². The van der Waals surface area contributed by atoms with E-state index in [0.717, 1.165) is 32.0 Å². The molecule has 0 saturated heterocycles. The van der Waals surface area contributed by atoms with Gasteiger partial charge >= 0.3 is 0 Å². The minimum absolute atomic E-state index is 0.0955. The van der Waals surface area contributed by atoms with Gasteiger partial charge in [0.25, 0.3) is 0 Å². The van der Waals surface area contributed by atoms with Crippen LogP contribution in [0.1, 0.15) is 71.6 Å². The molecule has 0 amide bonds. The van der Waals surface area contributed by atoms with Gasteiger partial charge in [-0.3, -0.25) is 0 Å². The molecule has 1 fully saturated rings. The lowest BCUT2D eigenvalue weighted by molar-refractivity contribution is 0.0896. The van der Waals surface area contributed by atoms with Gasteiger partial charge < -0.3 is 10.0 Å². The highest BCUT2D eigenvalue weighted by Gasteiger charge is 2.20. The first-order chi connectivity index (χ1) is 8.76. The lowest BCUT2D eigenvalue weighted by atomic mass is 9.99. The van der Waals surface area contributed by atoms with E-state index in [4.69, 9.17) is 0 Å². The maximum absolute atomic E-state index is 10.2. The van der Waals surface area contributed by atoms with Gasteiger partial charge in [-0.15, -0.1) is 0 Å². The van der Waals surface area contributed by atoms with E-state index in [0.29, 0.717) is 0 Å². The lowest BCUT2D eigenvalue weighted by Gasteiger charge is -2.26. The molecule has 0 spiro atoms. The van der Waals surface area contributed by atoms with Gasteiger partial charge in [-0.05, 0) is 38.3 Å². The maximum Gasteiger partial charge on any atom is 0.0669 e. The lowest BCUT2D eigenvalue weighted by Crippen LogP contribution is -2.34. The Bertz CT molecular complexity index is 182. The van der Waals surface area contributed by atoms with Crippen LogP contribution in [0.3, 0.4) is 0 Å². The van der Waals surface area contributed by atoms with Crippen LogP contribution in [0, 0.1) is 5.92 Å². The second-order valence-electron chi connectivity index (χ2n) is 6.05. The smallest absolute Gasteiger partial charge is 0.0669 e. The molecular formula is C16H33NO.